The molecule has 27 heavy (non-hydrogen) atoms. The van der Waals surface area contributed by atoms with Crippen LogP contribution in [0.5, 0.6) is 0 Å². The molecule has 0 saturated carbocycles. The molecule has 0 N–H and O–H groups in total. The maximum atomic E-state index is 12.6. The average Bonchev–Trinajstić information content (AvgIpc) is 2.73. The monoisotopic (exact) mass is 367 g/mol. The van der Waals surface area contributed by atoms with E-state index in [0.29, 0.717) is 37.3 Å². The number of nitro benzene ring substituents is 1. The Morgan fingerprint density at radius 2 is 1.48 bits per heavy atom. The number of benzene rings is 2. The van der Waals surface area contributed by atoms with Crippen molar-refractivity contribution in [2.24, 2.45) is 0 Å². The Morgan fingerprint density at radius 3 is 2.00 bits per heavy atom. The van der Waals surface area contributed by atoms with Crippen LogP contribution in [0.25, 0.3) is 0 Å². The van der Waals surface area contributed by atoms with Crippen LogP contribution >= 0.6 is 0 Å². The minimum absolute atomic E-state index is 0.0416. The fourth-order valence-corrected chi connectivity index (χ4v) is 3.11. The standard InChI is InChI=1S/C20H21N3O4/c1-2-15-6-8-16(9-7-15)19(24)21-10-12-22(13-11-21)20(25)17-4-3-5-18(14-17)23(26)27/h3-9,14H,2,10-13H2,1H3. The molecule has 2 aromatic carbocycles. The lowest BCUT2D eigenvalue weighted by Crippen LogP contribution is -2.50. The van der Waals surface area contributed by atoms with Crippen molar-refractivity contribution in [1.82, 2.24) is 9.80 Å². The van der Waals surface area contributed by atoms with Crippen LogP contribution in [0.4, 0.5) is 5.69 Å². The summed E-state index contributed by atoms with van der Waals surface area (Å²) in [7, 11) is 0. The Bertz CT molecular complexity index is 856. The van der Waals surface area contributed by atoms with E-state index >= 15 is 0 Å². The predicted octanol–water partition coefficient (Wildman–Crippen LogP) is 2.76. The van der Waals surface area contributed by atoms with Crippen LogP contribution < -0.4 is 0 Å². The maximum Gasteiger partial charge on any atom is 0.270 e. The summed E-state index contributed by atoms with van der Waals surface area (Å²) < 4.78 is 0. The van der Waals surface area contributed by atoms with Crippen molar-refractivity contribution >= 4 is 17.5 Å². The number of carbonyl (C=O) groups excluding carboxylic acids is 2. The van der Waals surface area contributed by atoms with E-state index in [-0.39, 0.29) is 17.5 Å². The van der Waals surface area contributed by atoms with Crippen molar-refractivity contribution < 1.29 is 14.5 Å². The molecule has 1 aliphatic rings. The number of nitrogens with zero attached hydrogens (tertiary/aromatic N) is 3. The molecule has 0 aliphatic carbocycles. The predicted molar refractivity (Wildman–Crippen MR) is 101 cm³/mol. The number of amides is 2. The number of rotatable bonds is 4. The number of non-ortho nitro benzene ring substituents is 1. The first-order valence-corrected chi connectivity index (χ1v) is 8.91. The molecule has 0 atom stereocenters. The molecule has 1 heterocycles. The minimum atomic E-state index is -0.517. The van der Waals surface area contributed by atoms with Gasteiger partial charge in [-0.15, -0.1) is 0 Å². The lowest BCUT2D eigenvalue weighted by Gasteiger charge is -2.34. The summed E-state index contributed by atoms with van der Waals surface area (Å²) in [6.45, 7) is 3.75. The highest BCUT2D eigenvalue weighted by Crippen LogP contribution is 2.17. The van der Waals surface area contributed by atoms with Crippen LogP contribution in [0.15, 0.2) is 48.5 Å². The van der Waals surface area contributed by atoms with Crippen molar-refractivity contribution in [3.8, 4) is 0 Å². The highest BCUT2D eigenvalue weighted by Gasteiger charge is 2.26. The van der Waals surface area contributed by atoms with Gasteiger partial charge in [0.15, 0.2) is 0 Å². The third kappa shape index (κ3) is 4.13. The van der Waals surface area contributed by atoms with Gasteiger partial charge in [0, 0.05) is 49.4 Å². The van der Waals surface area contributed by atoms with Gasteiger partial charge in [-0.2, -0.15) is 0 Å². The fraction of sp³-hybridized carbons (Fsp3) is 0.300. The second kappa shape index (κ2) is 7.99. The van der Waals surface area contributed by atoms with Crippen LogP contribution in [0.2, 0.25) is 0 Å². The Balaban J connectivity index is 1.62. The van der Waals surface area contributed by atoms with Gasteiger partial charge in [-0.05, 0) is 30.2 Å². The zero-order valence-corrected chi connectivity index (χ0v) is 15.1. The van der Waals surface area contributed by atoms with Gasteiger partial charge in [-0.25, -0.2) is 0 Å². The molecule has 140 valence electrons. The summed E-state index contributed by atoms with van der Waals surface area (Å²) in [6.07, 6.45) is 0.924. The molecule has 7 nitrogen and oxygen atoms in total. The van der Waals surface area contributed by atoms with Gasteiger partial charge >= 0.3 is 0 Å². The van der Waals surface area contributed by atoms with Crippen LogP contribution in [-0.2, 0) is 6.42 Å². The lowest BCUT2D eigenvalue weighted by atomic mass is 10.1. The molecule has 0 aromatic heterocycles. The summed E-state index contributed by atoms with van der Waals surface area (Å²) in [5.41, 5.74) is 2.01. The van der Waals surface area contributed by atoms with Crippen LogP contribution in [-0.4, -0.2) is 52.7 Å². The lowest BCUT2D eigenvalue weighted by molar-refractivity contribution is -0.384. The Kier molecular flexibility index (Phi) is 5.49. The number of nitro groups is 1. The summed E-state index contributed by atoms with van der Waals surface area (Å²) >= 11 is 0. The molecular formula is C20H21N3O4. The number of hydrogen-bond donors (Lipinski definition) is 0. The first-order valence-electron chi connectivity index (χ1n) is 8.91. The maximum absolute atomic E-state index is 12.6. The summed E-state index contributed by atoms with van der Waals surface area (Å²) in [6, 6.07) is 13.3. The number of piperazine rings is 1. The number of hydrogen-bond acceptors (Lipinski definition) is 4. The third-order valence-electron chi connectivity index (χ3n) is 4.77. The van der Waals surface area contributed by atoms with E-state index in [4.69, 9.17) is 0 Å². The van der Waals surface area contributed by atoms with Gasteiger partial charge in [-0.1, -0.05) is 25.1 Å². The Hall–Kier alpha value is -3.22. The minimum Gasteiger partial charge on any atom is -0.335 e. The normalized spacial score (nSPS) is 14.1. The van der Waals surface area contributed by atoms with Crippen molar-refractivity contribution in [3.63, 3.8) is 0 Å². The largest absolute Gasteiger partial charge is 0.335 e. The Labute approximate surface area is 157 Å². The van der Waals surface area contributed by atoms with E-state index in [2.05, 4.69) is 6.92 Å². The highest BCUT2D eigenvalue weighted by molar-refractivity contribution is 5.96. The second-order valence-corrected chi connectivity index (χ2v) is 6.44. The zero-order valence-electron chi connectivity index (χ0n) is 15.1. The topological polar surface area (TPSA) is 83.8 Å². The third-order valence-corrected chi connectivity index (χ3v) is 4.77. The molecule has 1 saturated heterocycles. The molecule has 2 amide bonds. The molecule has 0 unspecified atom stereocenters. The average molecular weight is 367 g/mol. The molecule has 1 aliphatic heterocycles. The van der Waals surface area contributed by atoms with Crippen molar-refractivity contribution in [2.45, 2.75) is 13.3 Å². The first kappa shape index (κ1) is 18.6. The zero-order chi connectivity index (χ0) is 19.4. The Morgan fingerprint density at radius 1 is 0.926 bits per heavy atom. The molecule has 0 bridgehead atoms. The van der Waals surface area contributed by atoms with Crippen LogP contribution in [0.3, 0.4) is 0 Å². The van der Waals surface area contributed by atoms with Gasteiger partial charge in [-0.3, -0.25) is 19.7 Å². The second-order valence-electron chi connectivity index (χ2n) is 6.44. The van der Waals surface area contributed by atoms with Gasteiger partial charge in [0.2, 0.25) is 0 Å². The molecular weight excluding hydrogens is 346 g/mol. The van der Waals surface area contributed by atoms with Crippen LogP contribution in [0, 0.1) is 10.1 Å². The summed E-state index contributed by atoms with van der Waals surface area (Å²) in [4.78, 5) is 38.9. The van der Waals surface area contributed by atoms with Gasteiger partial charge in [0.1, 0.15) is 0 Å². The van der Waals surface area contributed by atoms with Gasteiger partial charge < -0.3 is 9.80 Å². The molecule has 0 spiro atoms. The van der Waals surface area contributed by atoms with Gasteiger partial charge in [0.05, 0.1) is 4.92 Å². The quantitative estimate of drug-likeness (QED) is 0.614. The van der Waals surface area contributed by atoms with E-state index in [9.17, 15) is 19.7 Å². The molecule has 7 heteroatoms. The van der Waals surface area contributed by atoms with Gasteiger partial charge in [0.25, 0.3) is 17.5 Å². The SMILES string of the molecule is CCc1ccc(C(=O)N2CCN(C(=O)c3cccc([N+](=O)[O-])c3)CC2)cc1. The summed E-state index contributed by atoms with van der Waals surface area (Å²) in [5, 5.41) is 10.9. The number of carbonyl (C=O) groups is 2. The summed E-state index contributed by atoms with van der Waals surface area (Å²) in [5.74, 6) is -0.293. The first-order chi connectivity index (χ1) is 13.0. The molecule has 2 aromatic rings. The van der Waals surface area contributed by atoms with E-state index in [0.717, 1.165) is 6.42 Å². The van der Waals surface area contributed by atoms with Crippen molar-refractivity contribution in [3.05, 3.63) is 75.3 Å². The fourth-order valence-electron chi connectivity index (χ4n) is 3.11. The van der Waals surface area contributed by atoms with E-state index in [1.165, 1.54) is 23.8 Å². The highest BCUT2D eigenvalue weighted by atomic mass is 16.6. The van der Waals surface area contributed by atoms with Crippen molar-refractivity contribution in [2.75, 3.05) is 26.2 Å². The molecule has 1 fully saturated rings. The van der Waals surface area contributed by atoms with E-state index < -0.39 is 4.92 Å². The smallest absolute Gasteiger partial charge is 0.270 e. The molecule has 3 rings (SSSR count). The number of aryl methyl sites for hydroxylation is 1. The van der Waals surface area contributed by atoms with Crippen molar-refractivity contribution in [1.29, 1.82) is 0 Å². The molecule has 0 radical (unpaired) electrons. The van der Waals surface area contributed by atoms with E-state index in [1.54, 1.807) is 15.9 Å². The van der Waals surface area contributed by atoms with E-state index in [1.807, 2.05) is 24.3 Å². The van der Waals surface area contributed by atoms with Crippen LogP contribution in [0.1, 0.15) is 33.2 Å².